The minimum atomic E-state index is -2.47. The Morgan fingerprint density at radius 1 is 0.977 bits per heavy atom. The van der Waals surface area contributed by atoms with E-state index < -0.39 is 85.0 Å². The molecule has 0 bridgehead atoms. The van der Waals surface area contributed by atoms with Crippen LogP contribution < -0.4 is 0 Å². The standard InChI is InChI=1S/C29H36O14/c1-3-39-28-29(38,16-7-10-18(32)19(33)12-16)26(43-27-24(37)23(36)22(35)14(2)40-27)25(20(13-30)41-28)42-21(34)11-6-15-4-8-17(31)9-5-15/h4-12,14,20,22-28,30-33,35-38H,3,13H2,1-2H3/b11-6+/t14-,20+,22-,23+,24+,25+,26-,27-,28+,29+/m0/s1. The number of carbonyl (C=O) groups excluding carboxylic acids is 1. The molecule has 14 heteroatoms. The van der Waals surface area contributed by atoms with Crippen molar-refractivity contribution in [3.8, 4) is 17.2 Å². The van der Waals surface area contributed by atoms with E-state index in [1.807, 2.05) is 0 Å². The van der Waals surface area contributed by atoms with E-state index >= 15 is 0 Å². The highest BCUT2D eigenvalue weighted by Gasteiger charge is 2.61. The fourth-order valence-corrected chi connectivity index (χ4v) is 4.97. The van der Waals surface area contributed by atoms with Gasteiger partial charge in [0.15, 0.2) is 35.8 Å². The highest BCUT2D eigenvalue weighted by atomic mass is 16.7. The van der Waals surface area contributed by atoms with E-state index in [4.69, 9.17) is 23.7 Å². The molecule has 2 aliphatic heterocycles. The number of hydrogen-bond donors (Lipinski definition) is 8. The van der Waals surface area contributed by atoms with E-state index in [0.717, 1.165) is 18.2 Å². The molecule has 0 aromatic heterocycles. The van der Waals surface area contributed by atoms with Gasteiger partial charge in [0.25, 0.3) is 0 Å². The Morgan fingerprint density at radius 2 is 1.67 bits per heavy atom. The Hall–Kier alpha value is -3.31. The van der Waals surface area contributed by atoms with Gasteiger partial charge in [0.1, 0.15) is 36.3 Å². The third kappa shape index (κ3) is 6.77. The van der Waals surface area contributed by atoms with Crippen molar-refractivity contribution in [1.82, 2.24) is 0 Å². The summed E-state index contributed by atoms with van der Waals surface area (Å²) in [6, 6.07) is 9.21. The zero-order valence-electron chi connectivity index (χ0n) is 23.3. The number of aliphatic hydroxyl groups is 5. The Morgan fingerprint density at radius 3 is 2.30 bits per heavy atom. The van der Waals surface area contributed by atoms with Crippen LogP contribution in [0.2, 0.25) is 0 Å². The number of hydrogen-bond acceptors (Lipinski definition) is 14. The van der Waals surface area contributed by atoms with E-state index in [1.165, 1.54) is 43.3 Å². The number of phenolic OH excluding ortho intramolecular Hbond substituents is 3. The van der Waals surface area contributed by atoms with Crippen molar-refractivity contribution in [2.75, 3.05) is 13.2 Å². The smallest absolute Gasteiger partial charge is 0.331 e. The zero-order chi connectivity index (χ0) is 31.5. The first-order valence-electron chi connectivity index (χ1n) is 13.6. The molecular formula is C29H36O14. The van der Waals surface area contributed by atoms with Crippen molar-refractivity contribution in [3.05, 3.63) is 59.7 Å². The first kappa shape index (κ1) is 32.6. The fourth-order valence-electron chi connectivity index (χ4n) is 4.97. The van der Waals surface area contributed by atoms with Gasteiger partial charge in [-0.05, 0) is 55.3 Å². The molecule has 236 valence electrons. The van der Waals surface area contributed by atoms with Gasteiger partial charge in [0, 0.05) is 12.7 Å². The minimum absolute atomic E-state index is 0.0207. The van der Waals surface area contributed by atoms with Crippen LogP contribution in [0.25, 0.3) is 6.08 Å². The largest absolute Gasteiger partial charge is 0.508 e. The summed E-state index contributed by atoms with van der Waals surface area (Å²) in [5.41, 5.74) is -2.07. The van der Waals surface area contributed by atoms with Crippen LogP contribution in [-0.4, -0.2) is 115 Å². The van der Waals surface area contributed by atoms with Crippen molar-refractivity contribution < 1.29 is 69.3 Å². The van der Waals surface area contributed by atoms with E-state index in [9.17, 15) is 45.6 Å². The average molecular weight is 609 g/mol. The normalized spacial score (nSPS) is 34.7. The van der Waals surface area contributed by atoms with Crippen LogP contribution in [0, 0.1) is 0 Å². The number of aromatic hydroxyl groups is 3. The first-order valence-corrected chi connectivity index (χ1v) is 13.6. The monoisotopic (exact) mass is 608 g/mol. The van der Waals surface area contributed by atoms with Crippen LogP contribution in [0.3, 0.4) is 0 Å². The molecule has 10 atom stereocenters. The lowest BCUT2D eigenvalue weighted by Gasteiger charge is -2.52. The zero-order valence-corrected chi connectivity index (χ0v) is 23.3. The van der Waals surface area contributed by atoms with Gasteiger partial charge in [-0.1, -0.05) is 18.2 Å². The van der Waals surface area contributed by atoms with Crippen LogP contribution in [0.5, 0.6) is 17.2 Å². The fraction of sp³-hybridized carbons (Fsp3) is 0.483. The molecule has 4 rings (SSSR count). The molecule has 8 N–H and O–H groups in total. The molecule has 0 aliphatic carbocycles. The molecule has 0 spiro atoms. The molecule has 0 amide bonds. The van der Waals surface area contributed by atoms with E-state index in [0.29, 0.717) is 5.56 Å². The maximum absolute atomic E-state index is 13.0. The summed E-state index contributed by atoms with van der Waals surface area (Å²) in [7, 11) is 0. The molecule has 2 aromatic carbocycles. The predicted molar refractivity (Wildman–Crippen MR) is 145 cm³/mol. The lowest BCUT2D eigenvalue weighted by Crippen LogP contribution is -2.69. The van der Waals surface area contributed by atoms with Gasteiger partial charge in [-0.15, -0.1) is 0 Å². The third-order valence-electron chi connectivity index (χ3n) is 7.34. The van der Waals surface area contributed by atoms with E-state index in [1.54, 1.807) is 6.92 Å². The Bertz CT molecular complexity index is 1270. The summed E-state index contributed by atoms with van der Waals surface area (Å²) in [5, 5.41) is 83.4. The second kappa shape index (κ2) is 13.5. The van der Waals surface area contributed by atoms with E-state index in [-0.39, 0.29) is 17.9 Å². The average Bonchev–Trinajstić information content (AvgIpc) is 2.98. The molecule has 2 saturated heterocycles. The first-order chi connectivity index (χ1) is 20.4. The molecule has 43 heavy (non-hydrogen) atoms. The quantitative estimate of drug-likeness (QED) is 0.103. The summed E-state index contributed by atoms with van der Waals surface area (Å²) in [4.78, 5) is 13.0. The SMILES string of the molecule is CCO[C@@H]1O[C@H](CO)[C@@H](OC(=O)/C=C/c2ccc(O)cc2)[C@H](O[C@@H]2O[C@@H](C)[C@H](O)[C@@H](O)[C@H]2O)[C@]1(O)c1ccc(O)c(O)c1. The van der Waals surface area contributed by atoms with Crippen molar-refractivity contribution >= 4 is 12.0 Å². The van der Waals surface area contributed by atoms with Crippen molar-refractivity contribution in [3.63, 3.8) is 0 Å². The maximum Gasteiger partial charge on any atom is 0.331 e. The summed E-state index contributed by atoms with van der Waals surface area (Å²) < 4.78 is 28.8. The Balaban J connectivity index is 1.77. The highest BCUT2D eigenvalue weighted by Crippen LogP contribution is 2.45. The number of benzene rings is 2. The molecule has 0 saturated carbocycles. The minimum Gasteiger partial charge on any atom is -0.508 e. The Labute approximate surface area is 246 Å². The molecule has 2 aliphatic rings. The Kier molecular flexibility index (Phi) is 10.3. The molecule has 2 heterocycles. The lowest BCUT2D eigenvalue weighted by molar-refractivity contribution is -0.387. The van der Waals surface area contributed by atoms with Crippen LogP contribution in [0.15, 0.2) is 48.5 Å². The maximum atomic E-state index is 13.0. The van der Waals surface area contributed by atoms with Gasteiger partial charge >= 0.3 is 5.97 Å². The number of carbonyl (C=O) groups is 1. The highest BCUT2D eigenvalue weighted by molar-refractivity contribution is 5.87. The number of phenols is 3. The van der Waals surface area contributed by atoms with Crippen molar-refractivity contribution in [2.45, 2.75) is 74.8 Å². The van der Waals surface area contributed by atoms with E-state index in [2.05, 4.69) is 0 Å². The molecule has 2 fully saturated rings. The molecule has 2 aromatic rings. The van der Waals surface area contributed by atoms with Gasteiger partial charge < -0.3 is 64.5 Å². The number of ether oxygens (including phenoxy) is 5. The van der Waals surface area contributed by atoms with Crippen molar-refractivity contribution in [2.24, 2.45) is 0 Å². The summed E-state index contributed by atoms with van der Waals surface area (Å²) in [6.07, 6.45) is -11.7. The molecule has 0 unspecified atom stereocenters. The summed E-state index contributed by atoms with van der Waals surface area (Å²) in [6.45, 7) is 2.23. The van der Waals surface area contributed by atoms with Crippen molar-refractivity contribution in [1.29, 1.82) is 0 Å². The summed E-state index contributed by atoms with van der Waals surface area (Å²) >= 11 is 0. The molecule has 14 nitrogen and oxygen atoms in total. The van der Waals surface area contributed by atoms with Gasteiger partial charge in [-0.3, -0.25) is 0 Å². The van der Waals surface area contributed by atoms with Gasteiger partial charge in [-0.25, -0.2) is 4.79 Å². The second-order valence-corrected chi connectivity index (χ2v) is 10.2. The molecule has 0 radical (unpaired) electrons. The van der Waals surface area contributed by atoms with Crippen LogP contribution >= 0.6 is 0 Å². The topological polar surface area (TPSA) is 225 Å². The van der Waals surface area contributed by atoms with Gasteiger partial charge in [0.2, 0.25) is 0 Å². The van der Waals surface area contributed by atoms with Gasteiger partial charge in [0.05, 0.1) is 12.7 Å². The van der Waals surface area contributed by atoms with Crippen LogP contribution in [0.1, 0.15) is 25.0 Å². The van der Waals surface area contributed by atoms with Gasteiger partial charge in [-0.2, -0.15) is 0 Å². The third-order valence-corrected chi connectivity index (χ3v) is 7.34. The number of rotatable bonds is 9. The second-order valence-electron chi connectivity index (χ2n) is 10.2. The summed E-state index contributed by atoms with van der Waals surface area (Å²) in [5.74, 6) is -2.08. The van der Waals surface area contributed by atoms with Crippen LogP contribution in [-0.2, 0) is 34.1 Å². The number of esters is 1. The molecular weight excluding hydrogens is 572 g/mol. The predicted octanol–water partition coefficient (Wildman–Crippen LogP) is -0.417. The lowest BCUT2D eigenvalue weighted by atomic mass is 9.80. The number of aliphatic hydroxyl groups excluding tert-OH is 4. The van der Waals surface area contributed by atoms with Crippen LogP contribution in [0.4, 0.5) is 0 Å².